The molecule has 0 aliphatic carbocycles. The first kappa shape index (κ1) is 18.3. The minimum absolute atomic E-state index is 0.0169. The van der Waals surface area contributed by atoms with Crippen LogP contribution in [0.3, 0.4) is 0 Å². The predicted octanol–water partition coefficient (Wildman–Crippen LogP) is 3.61. The molecule has 1 aromatic carbocycles. The number of fused-ring (bicyclic) bond motifs is 1. The van der Waals surface area contributed by atoms with E-state index in [9.17, 15) is 9.59 Å². The number of rotatable bonds is 4. The van der Waals surface area contributed by atoms with Gasteiger partial charge in [-0.25, -0.2) is 0 Å². The fourth-order valence-corrected chi connectivity index (χ4v) is 3.71. The minimum atomic E-state index is -0.0923. The summed E-state index contributed by atoms with van der Waals surface area (Å²) in [5.74, 6) is 0.252. The third-order valence-electron chi connectivity index (χ3n) is 5.50. The van der Waals surface area contributed by atoms with Gasteiger partial charge in [-0.05, 0) is 62.1 Å². The lowest BCUT2D eigenvalue weighted by molar-refractivity contribution is -0.121. The average Bonchev–Trinajstić information content (AvgIpc) is 3.33. The Morgan fingerprint density at radius 2 is 1.89 bits per heavy atom. The Morgan fingerprint density at radius 3 is 2.61 bits per heavy atom. The van der Waals surface area contributed by atoms with E-state index in [1.165, 1.54) is 17.4 Å². The molecule has 6 heteroatoms. The van der Waals surface area contributed by atoms with Gasteiger partial charge in [-0.15, -0.1) is 0 Å². The van der Waals surface area contributed by atoms with E-state index in [0.717, 1.165) is 29.4 Å². The zero-order valence-corrected chi connectivity index (χ0v) is 16.2. The zero-order chi connectivity index (χ0) is 19.7. The lowest BCUT2D eigenvalue weighted by atomic mass is 10.0. The van der Waals surface area contributed by atoms with Gasteiger partial charge in [0.1, 0.15) is 5.58 Å². The van der Waals surface area contributed by atoms with Crippen molar-refractivity contribution in [2.24, 2.45) is 0 Å². The lowest BCUT2D eigenvalue weighted by Crippen LogP contribution is -2.46. The summed E-state index contributed by atoms with van der Waals surface area (Å²) in [6.45, 7) is 5.32. The summed E-state index contributed by atoms with van der Waals surface area (Å²) in [7, 11) is 0. The third kappa shape index (κ3) is 3.67. The first-order valence-electron chi connectivity index (χ1n) is 9.60. The number of aryl methyl sites for hydroxylation is 2. The maximum absolute atomic E-state index is 12.5. The number of furan rings is 2. The minimum Gasteiger partial charge on any atom is -0.464 e. The molecule has 146 valence electrons. The Morgan fingerprint density at radius 1 is 1.14 bits per heavy atom. The largest absolute Gasteiger partial charge is 0.464 e. The number of carbonyl (C=O) groups is 2. The third-order valence-corrected chi connectivity index (χ3v) is 5.50. The van der Waals surface area contributed by atoms with Crippen LogP contribution >= 0.6 is 0 Å². The first-order valence-corrected chi connectivity index (χ1v) is 9.60. The number of likely N-dealkylation sites (tertiary alicyclic amines) is 1. The van der Waals surface area contributed by atoms with Gasteiger partial charge in [-0.2, -0.15) is 0 Å². The van der Waals surface area contributed by atoms with Gasteiger partial charge in [0.05, 0.1) is 18.9 Å². The maximum Gasteiger partial charge on any atom is 0.289 e. The van der Waals surface area contributed by atoms with Crippen LogP contribution in [0, 0.1) is 13.8 Å². The summed E-state index contributed by atoms with van der Waals surface area (Å²) in [6, 6.07) is 7.56. The second kappa shape index (κ2) is 7.54. The van der Waals surface area contributed by atoms with E-state index in [4.69, 9.17) is 8.83 Å². The van der Waals surface area contributed by atoms with Crippen molar-refractivity contribution < 1.29 is 18.4 Å². The Kier molecular flexibility index (Phi) is 4.94. The van der Waals surface area contributed by atoms with Crippen LogP contribution in [-0.2, 0) is 11.2 Å². The fraction of sp³-hybridized carbons (Fsp3) is 0.364. The van der Waals surface area contributed by atoms with Crippen LogP contribution in [0.25, 0.3) is 11.0 Å². The highest BCUT2D eigenvalue weighted by molar-refractivity contribution is 5.91. The molecule has 0 bridgehead atoms. The van der Waals surface area contributed by atoms with Gasteiger partial charge in [-0.1, -0.05) is 0 Å². The molecule has 0 radical (unpaired) electrons. The summed E-state index contributed by atoms with van der Waals surface area (Å²) < 4.78 is 10.8. The van der Waals surface area contributed by atoms with Gasteiger partial charge >= 0.3 is 0 Å². The summed E-state index contributed by atoms with van der Waals surface area (Å²) in [6.07, 6.45) is 4.95. The summed E-state index contributed by atoms with van der Waals surface area (Å²) in [5, 5.41) is 4.10. The van der Waals surface area contributed by atoms with Gasteiger partial charge in [0.2, 0.25) is 5.91 Å². The molecule has 1 fully saturated rings. The number of hydrogen-bond acceptors (Lipinski definition) is 4. The maximum atomic E-state index is 12.5. The molecule has 3 aromatic rings. The van der Waals surface area contributed by atoms with Gasteiger partial charge in [-0.3, -0.25) is 9.59 Å². The Labute approximate surface area is 163 Å². The normalized spacial score (nSPS) is 15.1. The summed E-state index contributed by atoms with van der Waals surface area (Å²) in [4.78, 5) is 26.6. The van der Waals surface area contributed by atoms with Crippen molar-refractivity contribution in [1.29, 1.82) is 0 Å². The van der Waals surface area contributed by atoms with Crippen molar-refractivity contribution in [3.05, 3.63) is 59.2 Å². The van der Waals surface area contributed by atoms with E-state index in [1.807, 2.05) is 13.0 Å². The van der Waals surface area contributed by atoms with Crippen LogP contribution in [0.4, 0.5) is 0 Å². The predicted molar refractivity (Wildman–Crippen MR) is 105 cm³/mol. The first-order chi connectivity index (χ1) is 13.5. The molecule has 0 spiro atoms. The number of amides is 2. The molecular formula is C22H24N2O4. The molecule has 0 atom stereocenters. The Balaban J connectivity index is 1.33. The molecular weight excluding hydrogens is 356 g/mol. The summed E-state index contributed by atoms with van der Waals surface area (Å²) >= 11 is 0. The molecule has 28 heavy (non-hydrogen) atoms. The molecule has 2 aromatic heterocycles. The van der Waals surface area contributed by atoms with Crippen LogP contribution in [0.1, 0.15) is 40.1 Å². The molecule has 1 N–H and O–H groups in total. The molecule has 3 heterocycles. The second-order valence-corrected chi connectivity index (χ2v) is 7.48. The van der Waals surface area contributed by atoms with Crippen molar-refractivity contribution in [3.8, 4) is 0 Å². The number of benzene rings is 1. The van der Waals surface area contributed by atoms with E-state index < -0.39 is 0 Å². The highest BCUT2D eigenvalue weighted by atomic mass is 16.3. The fourth-order valence-electron chi connectivity index (χ4n) is 3.71. The van der Waals surface area contributed by atoms with Crippen molar-refractivity contribution >= 4 is 22.8 Å². The number of carbonyl (C=O) groups excluding carboxylic acids is 2. The van der Waals surface area contributed by atoms with Crippen molar-refractivity contribution in [2.75, 3.05) is 13.1 Å². The molecule has 2 amide bonds. The SMILES string of the molecule is Cc1cc2occ(CC(=O)NC3CCN(C(=O)c4ccco4)CC3)c2cc1C. The average molecular weight is 380 g/mol. The molecule has 0 unspecified atom stereocenters. The van der Waals surface area contributed by atoms with Crippen molar-refractivity contribution in [3.63, 3.8) is 0 Å². The van der Waals surface area contributed by atoms with Crippen LogP contribution in [0.2, 0.25) is 0 Å². The standard InChI is InChI=1S/C22H24N2O4/c1-14-10-18-16(13-28-20(18)11-15(14)2)12-21(25)23-17-5-7-24(8-6-17)22(26)19-4-3-9-27-19/h3-4,9-11,13,17H,5-8,12H2,1-2H3,(H,23,25). The molecule has 4 rings (SSSR count). The van der Waals surface area contributed by atoms with Gasteiger partial charge in [0.25, 0.3) is 5.91 Å². The van der Waals surface area contributed by atoms with Crippen LogP contribution in [-0.4, -0.2) is 35.8 Å². The van der Waals surface area contributed by atoms with Crippen LogP contribution in [0.5, 0.6) is 0 Å². The van der Waals surface area contributed by atoms with Crippen LogP contribution < -0.4 is 5.32 Å². The highest BCUT2D eigenvalue weighted by Gasteiger charge is 2.26. The Hall–Kier alpha value is -3.02. The Bertz CT molecular complexity index is 995. The second-order valence-electron chi connectivity index (χ2n) is 7.48. The monoisotopic (exact) mass is 380 g/mol. The van der Waals surface area contributed by atoms with Gasteiger partial charge in [0.15, 0.2) is 5.76 Å². The van der Waals surface area contributed by atoms with E-state index in [1.54, 1.807) is 23.3 Å². The number of hydrogen-bond donors (Lipinski definition) is 1. The summed E-state index contributed by atoms with van der Waals surface area (Å²) in [5.41, 5.74) is 4.08. The van der Waals surface area contributed by atoms with E-state index in [-0.39, 0.29) is 17.9 Å². The number of nitrogens with zero attached hydrogens (tertiary/aromatic N) is 1. The van der Waals surface area contributed by atoms with Gasteiger partial charge in [0, 0.05) is 30.1 Å². The quantitative estimate of drug-likeness (QED) is 0.750. The highest BCUT2D eigenvalue weighted by Crippen LogP contribution is 2.25. The van der Waals surface area contributed by atoms with Crippen LogP contribution in [0.15, 0.2) is 45.6 Å². The number of nitrogens with one attached hydrogen (secondary N) is 1. The lowest BCUT2D eigenvalue weighted by Gasteiger charge is -2.31. The van der Waals surface area contributed by atoms with Crippen molar-refractivity contribution in [2.45, 2.75) is 39.2 Å². The zero-order valence-electron chi connectivity index (χ0n) is 16.2. The topological polar surface area (TPSA) is 75.7 Å². The molecule has 1 aliphatic rings. The van der Waals surface area contributed by atoms with E-state index in [0.29, 0.717) is 25.3 Å². The smallest absolute Gasteiger partial charge is 0.289 e. The molecule has 1 saturated heterocycles. The number of piperidine rings is 1. The van der Waals surface area contributed by atoms with E-state index in [2.05, 4.69) is 18.3 Å². The molecule has 6 nitrogen and oxygen atoms in total. The van der Waals surface area contributed by atoms with E-state index >= 15 is 0 Å². The van der Waals surface area contributed by atoms with Gasteiger partial charge < -0.3 is 19.1 Å². The van der Waals surface area contributed by atoms with Crippen molar-refractivity contribution in [1.82, 2.24) is 10.2 Å². The molecule has 0 saturated carbocycles. The molecule has 1 aliphatic heterocycles.